The Hall–Kier alpha value is -2.23. The van der Waals surface area contributed by atoms with Crippen LogP contribution in [-0.4, -0.2) is 31.7 Å². The Balaban J connectivity index is 1.87. The first-order valence-electron chi connectivity index (χ1n) is 10.9. The van der Waals surface area contributed by atoms with Crippen molar-refractivity contribution in [3.05, 3.63) is 29.6 Å². The molecule has 10 heteroatoms. The van der Waals surface area contributed by atoms with Gasteiger partial charge in [0.1, 0.15) is 5.75 Å². The molecule has 0 radical (unpaired) electrons. The molecule has 1 aliphatic heterocycles. The molecule has 1 aromatic rings. The van der Waals surface area contributed by atoms with E-state index >= 15 is 0 Å². The van der Waals surface area contributed by atoms with Crippen molar-refractivity contribution in [2.24, 2.45) is 4.99 Å². The van der Waals surface area contributed by atoms with Crippen LogP contribution in [-0.2, 0) is 10.1 Å². The second kappa shape index (κ2) is 12.1. The minimum atomic E-state index is -5.77. The van der Waals surface area contributed by atoms with E-state index in [2.05, 4.69) is 21.1 Å². The van der Waals surface area contributed by atoms with Gasteiger partial charge < -0.3 is 13.9 Å². The first-order chi connectivity index (χ1) is 15.2. The van der Waals surface area contributed by atoms with Crippen LogP contribution >= 0.6 is 0 Å². The maximum Gasteiger partial charge on any atom is 0.534 e. The largest absolute Gasteiger partial charge is 0.534 e. The molecule has 0 atom stereocenters. The first kappa shape index (κ1) is 26.0. The lowest BCUT2D eigenvalue weighted by molar-refractivity contribution is -0.0501. The zero-order valence-electron chi connectivity index (χ0n) is 18.5. The van der Waals surface area contributed by atoms with E-state index in [-0.39, 0.29) is 11.4 Å². The highest BCUT2D eigenvalue weighted by Gasteiger charge is 2.48. The number of alkyl halides is 3. The number of aliphatic imine (C=N–C) groups is 1. The summed E-state index contributed by atoms with van der Waals surface area (Å²) in [6.07, 6.45) is 17.3. The van der Waals surface area contributed by atoms with Gasteiger partial charge in [0.2, 0.25) is 5.88 Å². The molecule has 2 heterocycles. The van der Waals surface area contributed by atoms with Crippen LogP contribution in [0.4, 0.5) is 13.2 Å². The molecule has 6 nitrogen and oxygen atoms in total. The van der Waals surface area contributed by atoms with Crippen LogP contribution < -0.4 is 8.92 Å². The number of allylic oxidation sites excluding steroid dienone is 2. The number of hydrogen-bond acceptors (Lipinski definition) is 5. The van der Waals surface area contributed by atoms with E-state index in [9.17, 15) is 21.6 Å². The summed E-state index contributed by atoms with van der Waals surface area (Å²) in [5, 5.41) is 0. The highest BCUT2D eigenvalue weighted by atomic mass is 32.2. The number of aromatic amines is 1. The molecule has 0 aromatic carbocycles. The van der Waals surface area contributed by atoms with Gasteiger partial charge in [-0.1, -0.05) is 58.3 Å². The highest BCUT2D eigenvalue weighted by molar-refractivity contribution is 7.87. The van der Waals surface area contributed by atoms with Crippen molar-refractivity contribution in [2.45, 2.75) is 76.6 Å². The fourth-order valence-electron chi connectivity index (χ4n) is 3.32. The van der Waals surface area contributed by atoms with E-state index in [0.29, 0.717) is 5.70 Å². The van der Waals surface area contributed by atoms with Crippen LogP contribution in [0.25, 0.3) is 6.08 Å². The van der Waals surface area contributed by atoms with E-state index in [4.69, 9.17) is 4.74 Å². The molecule has 1 N–H and O–H groups in total. The van der Waals surface area contributed by atoms with Crippen molar-refractivity contribution in [3.8, 4) is 11.6 Å². The molecule has 0 saturated carbocycles. The Morgan fingerprint density at radius 1 is 1.03 bits per heavy atom. The molecule has 0 unspecified atom stereocenters. The van der Waals surface area contributed by atoms with E-state index in [1.807, 2.05) is 6.08 Å². The molecule has 0 spiro atoms. The van der Waals surface area contributed by atoms with Crippen molar-refractivity contribution in [2.75, 3.05) is 7.11 Å². The maximum atomic E-state index is 12.5. The number of hydrogen-bond donors (Lipinski definition) is 1. The van der Waals surface area contributed by atoms with Gasteiger partial charge in [-0.2, -0.15) is 21.6 Å². The van der Waals surface area contributed by atoms with Crippen molar-refractivity contribution in [3.63, 3.8) is 0 Å². The Morgan fingerprint density at radius 3 is 2.25 bits per heavy atom. The molecule has 0 aliphatic carbocycles. The number of rotatable bonds is 14. The van der Waals surface area contributed by atoms with Gasteiger partial charge in [-0.3, -0.25) is 4.99 Å². The van der Waals surface area contributed by atoms with Crippen molar-refractivity contribution < 1.29 is 30.5 Å². The number of methoxy groups -OCH3 is 1. The minimum Gasteiger partial charge on any atom is -0.494 e. The Kier molecular flexibility index (Phi) is 9.86. The van der Waals surface area contributed by atoms with Crippen LogP contribution in [0.15, 0.2) is 28.9 Å². The lowest BCUT2D eigenvalue weighted by Gasteiger charge is -2.07. The second-order valence-electron chi connectivity index (χ2n) is 7.68. The number of unbranched alkanes of at least 4 members (excludes halogenated alkanes) is 8. The number of aromatic nitrogens is 1. The van der Waals surface area contributed by atoms with Gasteiger partial charge in [-0.05, 0) is 31.1 Å². The van der Waals surface area contributed by atoms with E-state index in [1.54, 1.807) is 12.2 Å². The topological polar surface area (TPSA) is 80.8 Å². The predicted molar refractivity (Wildman–Crippen MR) is 119 cm³/mol. The predicted octanol–water partition coefficient (Wildman–Crippen LogP) is 6.52. The number of nitrogens with zero attached hydrogens (tertiary/aromatic N) is 1. The van der Waals surface area contributed by atoms with Crippen LogP contribution in [0.3, 0.4) is 0 Å². The number of H-pyrrole nitrogens is 1. The van der Waals surface area contributed by atoms with Crippen LogP contribution in [0.5, 0.6) is 11.6 Å². The summed E-state index contributed by atoms with van der Waals surface area (Å²) in [5.41, 5.74) is -3.75. The van der Waals surface area contributed by atoms with E-state index in [1.165, 1.54) is 52.1 Å². The van der Waals surface area contributed by atoms with Crippen LogP contribution in [0.2, 0.25) is 0 Å². The number of halogens is 3. The summed E-state index contributed by atoms with van der Waals surface area (Å²) in [4.78, 5) is 6.98. The molecule has 2 rings (SSSR count). The van der Waals surface area contributed by atoms with Gasteiger partial charge in [-0.25, -0.2) is 0 Å². The molecule has 0 bridgehead atoms. The summed E-state index contributed by atoms with van der Waals surface area (Å²) < 4.78 is 69.1. The lowest BCUT2D eigenvalue weighted by Crippen LogP contribution is -2.28. The standard InChI is InChI=1S/C22H31F3N2O4S/c1-3-4-5-6-7-8-9-10-11-12-17-13-14-18(26-17)15-19-20(30-2)16-21(27-19)31-32(28,29)22(23,24)25/h13-16,27H,3-12H2,1-2H3/b18-15+. The Labute approximate surface area is 187 Å². The molecule has 180 valence electrons. The van der Waals surface area contributed by atoms with E-state index in [0.717, 1.165) is 31.0 Å². The van der Waals surface area contributed by atoms with Gasteiger partial charge in [0, 0.05) is 11.8 Å². The van der Waals surface area contributed by atoms with Gasteiger partial charge in [0.05, 0.1) is 18.5 Å². The molecule has 1 aliphatic rings. The third kappa shape index (κ3) is 8.03. The molecule has 32 heavy (non-hydrogen) atoms. The monoisotopic (exact) mass is 476 g/mol. The van der Waals surface area contributed by atoms with Gasteiger partial charge in [0.25, 0.3) is 0 Å². The maximum absolute atomic E-state index is 12.5. The summed E-state index contributed by atoms with van der Waals surface area (Å²) in [5.74, 6) is -0.451. The van der Waals surface area contributed by atoms with Gasteiger partial charge in [0.15, 0.2) is 0 Å². The Bertz CT molecular complexity index is 931. The van der Waals surface area contributed by atoms with Gasteiger partial charge in [-0.15, -0.1) is 0 Å². The summed E-state index contributed by atoms with van der Waals surface area (Å²) in [7, 11) is -4.46. The first-order valence-corrected chi connectivity index (χ1v) is 12.3. The zero-order valence-corrected chi connectivity index (χ0v) is 19.3. The summed E-state index contributed by atoms with van der Waals surface area (Å²) in [6, 6.07) is 1.04. The zero-order chi connectivity index (χ0) is 23.6. The highest BCUT2D eigenvalue weighted by Crippen LogP contribution is 2.32. The van der Waals surface area contributed by atoms with Crippen molar-refractivity contribution in [1.82, 2.24) is 4.98 Å². The average Bonchev–Trinajstić information content (AvgIpc) is 3.32. The molecule has 0 amide bonds. The summed E-state index contributed by atoms with van der Waals surface area (Å²) >= 11 is 0. The quantitative estimate of drug-likeness (QED) is 0.188. The van der Waals surface area contributed by atoms with Crippen LogP contribution in [0.1, 0.15) is 76.8 Å². The third-order valence-corrected chi connectivity index (χ3v) is 6.00. The van der Waals surface area contributed by atoms with Crippen molar-refractivity contribution in [1.29, 1.82) is 0 Å². The third-order valence-electron chi connectivity index (χ3n) is 5.04. The minimum absolute atomic E-state index is 0.140. The lowest BCUT2D eigenvalue weighted by atomic mass is 10.1. The van der Waals surface area contributed by atoms with E-state index < -0.39 is 21.5 Å². The molecule has 1 aromatic heterocycles. The molecular formula is C22H31F3N2O4S. The fourth-order valence-corrected chi connectivity index (χ4v) is 3.74. The fraction of sp³-hybridized carbons (Fsp3) is 0.591. The normalized spacial score (nSPS) is 15.4. The Morgan fingerprint density at radius 2 is 1.66 bits per heavy atom. The second-order valence-corrected chi connectivity index (χ2v) is 9.22. The average molecular weight is 477 g/mol. The number of nitrogens with one attached hydrogen (secondary N) is 1. The SMILES string of the molecule is CCCCCCCCCCCC1=N/C(=C/c2[nH]c(OS(=O)(=O)C(F)(F)F)cc2OC)C=C1. The van der Waals surface area contributed by atoms with Crippen LogP contribution in [0, 0.1) is 0 Å². The molecule has 0 saturated heterocycles. The van der Waals surface area contributed by atoms with Crippen molar-refractivity contribution >= 4 is 21.9 Å². The van der Waals surface area contributed by atoms with Gasteiger partial charge >= 0.3 is 15.6 Å². The smallest absolute Gasteiger partial charge is 0.494 e. The summed E-state index contributed by atoms with van der Waals surface area (Å²) in [6.45, 7) is 2.21. The number of ether oxygens (including phenoxy) is 1. The molecule has 0 fully saturated rings. The molecular weight excluding hydrogens is 445 g/mol.